The van der Waals surface area contributed by atoms with Gasteiger partial charge in [-0.2, -0.15) is 0 Å². The number of nitrogens with one attached hydrogen (secondary N) is 2. The molecule has 8 heteroatoms. The maximum absolute atomic E-state index is 12.4. The minimum absolute atomic E-state index is 0.309. The molecule has 2 N–H and O–H groups in total. The summed E-state index contributed by atoms with van der Waals surface area (Å²) in [5.74, 6) is 0. The number of nitrogens with zero attached hydrogens (tertiary/aromatic N) is 1. The monoisotopic (exact) mass is 375 g/mol. The van der Waals surface area contributed by atoms with E-state index < -0.39 is 10.0 Å². The Balaban J connectivity index is 2.31. The van der Waals surface area contributed by atoms with Gasteiger partial charge < -0.3 is 5.32 Å². The number of rotatable bonds is 5. The second-order valence-corrected chi connectivity index (χ2v) is 8.06. The number of sulfonamides is 1. The second kappa shape index (κ2) is 6.21. The zero-order valence-electron chi connectivity index (χ0n) is 11.0. The molecule has 2 aromatic heterocycles. The lowest BCUT2D eigenvalue weighted by atomic mass is 10.3. The molecular formula is C12H14BrN3O2S2. The predicted octanol–water partition coefficient (Wildman–Crippen LogP) is 2.73. The number of aromatic nitrogens is 1. The van der Waals surface area contributed by atoms with Crippen molar-refractivity contribution in [1.82, 2.24) is 10.3 Å². The predicted molar refractivity (Wildman–Crippen MR) is 84.6 cm³/mol. The van der Waals surface area contributed by atoms with Gasteiger partial charge in [0.15, 0.2) is 0 Å². The first kappa shape index (κ1) is 15.4. The average molecular weight is 376 g/mol. The molecule has 0 bridgehead atoms. The van der Waals surface area contributed by atoms with Gasteiger partial charge in [0.1, 0.15) is 4.21 Å². The molecule has 0 radical (unpaired) electrons. The van der Waals surface area contributed by atoms with Gasteiger partial charge in [0, 0.05) is 23.8 Å². The van der Waals surface area contributed by atoms with Gasteiger partial charge in [-0.15, -0.1) is 11.3 Å². The molecule has 0 aliphatic heterocycles. The molecule has 20 heavy (non-hydrogen) atoms. The van der Waals surface area contributed by atoms with E-state index in [0.29, 0.717) is 20.9 Å². The van der Waals surface area contributed by atoms with Crippen molar-refractivity contribution in [2.45, 2.75) is 17.7 Å². The molecule has 0 fully saturated rings. The SMILES string of the molecule is CNCc1sc(S(=O)(=O)Nc2ccncc2Br)cc1C. The third-order valence-corrected chi connectivity index (χ3v) is 6.33. The quantitative estimate of drug-likeness (QED) is 0.842. The van der Waals surface area contributed by atoms with E-state index in [1.54, 1.807) is 18.3 Å². The van der Waals surface area contributed by atoms with E-state index in [1.807, 2.05) is 14.0 Å². The molecule has 0 aliphatic carbocycles. The van der Waals surface area contributed by atoms with Gasteiger partial charge in [-0.1, -0.05) is 0 Å². The van der Waals surface area contributed by atoms with E-state index in [4.69, 9.17) is 0 Å². The Kier molecular flexibility index (Phi) is 4.79. The molecule has 0 unspecified atom stereocenters. The molecule has 0 saturated heterocycles. The van der Waals surface area contributed by atoms with Crippen LogP contribution in [-0.4, -0.2) is 20.4 Å². The molecule has 0 spiro atoms. The molecule has 2 heterocycles. The molecule has 0 atom stereocenters. The first-order chi connectivity index (χ1) is 9.44. The molecule has 2 rings (SSSR count). The number of thiophene rings is 1. The van der Waals surface area contributed by atoms with Crippen molar-refractivity contribution in [3.63, 3.8) is 0 Å². The zero-order chi connectivity index (χ0) is 14.8. The van der Waals surface area contributed by atoms with Crippen molar-refractivity contribution in [3.05, 3.63) is 39.4 Å². The molecule has 0 saturated carbocycles. The number of aryl methyl sites for hydroxylation is 1. The van der Waals surface area contributed by atoms with Crippen molar-refractivity contribution < 1.29 is 8.42 Å². The van der Waals surface area contributed by atoms with Crippen LogP contribution in [0.25, 0.3) is 0 Å². The Bertz CT molecular complexity index is 713. The Hall–Kier alpha value is -0.960. The molecule has 5 nitrogen and oxygen atoms in total. The van der Waals surface area contributed by atoms with E-state index in [9.17, 15) is 8.42 Å². The van der Waals surface area contributed by atoms with Gasteiger partial charge in [0.05, 0.1) is 10.2 Å². The van der Waals surface area contributed by atoms with Crippen molar-refractivity contribution in [2.75, 3.05) is 11.8 Å². The van der Waals surface area contributed by atoms with Crippen LogP contribution < -0.4 is 10.0 Å². The Morgan fingerprint density at radius 1 is 1.45 bits per heavy atom. The maximum Gasteiger partial charge on any atom is 0.271 e. The summed E-state index contributed by atoms with van der Waals surface area (Å²) in [7, 11) is -1.74. The smallest absolute Gasteiger partial charge is 0.271 e. The summed E-state index contributed by atoms with van der Waals surface area (Å²) in [6.45, 7) is 2.56. The Morgan fingerprint density at radius 3 is 2.85 bits per heavy atom. The van der Waals surface area contributed by atoms with Crippen LogP contribution in [0.1, 0.15) is 10.4 Å². The van der Waals surface area contributed by atoms with Crippen LogP contribution in [0.3, 0.4) is 0 Å². The number of anilines is 1. The van der Waals surface area contributed by atoms with E-state index in [2.05, 4.69) is 31.0 Å². The lowest BCUT2D eigenvalue weighted by Gasteiger charge is -2.07. The number of pyridine rings is 1. The van der Waals surface area contributed by atoms with Crippen LogP contribution in [0, 0.1) is 6.92 Å². The zero-order valence-corrected chi connectivity index (χ0v) is 14.2. The third kappa shape index (κ3) is 3.38. The molecular weight excluding hydrogens is 362 g/mol. The summed E-state index contributed by atoms with van der Waals surface area (Å²) < 4.78 is 28.2. The van der Waals surface area contributed by atoms with Gasteiger partial charge in [0.2, 0.25) is 0 Å². The summed E-state index contributed by atoms with van der Waals surface area (Å²) in [4.78, 5) is 4.92. The van der Waals surface area contributed by atoms with Crippen LogP contribution in [0.2, 0.25) is 0 Å². The van der Waals surface area contributed by atoms with Crippen LogP contribution in [0.4, 0.5) is 5.69 Å². The van der Waals surface area contributed by atoms with Gasteiger partial charge in [-0.3, -0.25) is 9.71 Å². The van der Waals surface area contributed by atoms with Crippen LogP contribution >= 0.6 is 27.3 Å². The van der Waals surface area contributed by atoms with Gasteiger partial charge >= 0.3 is 0 Å². The maximum atomic E-state index is 12.4. The highest BCUT2D eigenvalue weighted by Crippen LogP contribution is 2.29. The summed E-state index contributed by atoms with van der Waals surface area (Å²) in [5.41, 5.74) is 1.44. The fraction of sp³-hybridized carbons (Fsp3) is 0.250. The van der Waals surface area contributed by atoms with Gasteiger partial charge in [-0.05, 0) is 47.6 Å². The van der Waals surface area contributed by atoms with E-state index >= 15 is 0 Å². The number of halogens is 1. The largest absolute Gasteiger partial charge is 0.315 e. The fourth-order valence-corrected chi connectivity index (χ4v) is 4.77. The van der Waals surface area contributed by atoms with Crippen LogP contribution in [0.15, 0.2) is 33.2 Å². The minimum atomic E-state index is -3.57. The van der Waals surface area contributed by atoms with E-state index in [-0.39, 0.29) is 0 Å². The van der Waals surface area contributed by atoms with Crippen LogP contribution in [-0.2, 0) is 16.6 Å². The van der Waals surface area contributed by atoms with E-state index in [0.717, 1.165) is 10.4 Å². The third-order valence-electron chi connectivity index (χ3n) is 2.62. The molecule has 0 amide bonds. The van der Waals surface area contributed by atoms with Crippen molar-refractivity contribution in [1.29, 1.82) is 0 Å². The summed E-state index contributed by atoms with van der Waals surface area (Å²) in [5, 5.41) is 3.03. The van der Waals surface area contributed by atoms with Crippen molar-refractivity contribution >= 4 is 43.0 Å². The van der Waals surface area contributed by atoms with Crippen LogP contribution in [0.5, 0.6) is 0 Å². The molecule has 0 aliphatic rings. The van der Waals surface area contributed by atoms with Crippen molar-refractivity contribution in [2.24, 2.45) is 0 Å². The average Bonchev–Trinajstić information content (AvgIpc) is 2.75. The topological polar surface area (TPSA) is 71.1 Å². The highest BCUT2D eigenvalue weighted by molar-refractivity contribution is 9.10. The molecule has 108 valence electrons. The lowest BCUT2D eigenvalue weighted by Crippen LogP contribution is -2.12. The first-order valence-electron chi connectivity index (χ1n) is 5.80. The van der Waals surface area contributed by atoms with Crippen molar-refractivity contribution in [3.8, 4) is 0 Å². The minimum Gasteiger partial charge on any atom is -0.315 e. The summed E-state index contributed by atoms with van der Waals surface area (Å²) >= 11 is 4.54. The Morgan fingerprint density at radius 2 is 2.20 bits per heavy atom. The van der Waals surface area contributed by atoms with E-state index in [1.165, 1.54) is 17.5 Å². The number of hydrogen-bond donors (Lipinski definition) is 2. The highest BCUT2D eigenvalue weighted by atomic mass is 79.9. The van der Waals surface area contributed by atoms with Gasteiger partial charge in [0.25, 0.3) is 10.0 Å². The fourth-order valence-electron chi connectivity index (χ4n) is 1.61. The first-order valence-corrected chi connectivity index (χ1v) is 8.89. The summed E-state index contributed by atoms with van der Waals surface area (Å²) in [6.07, 6.45) is 3.08. The normalized spacial score (nSPS) is 11.6. The Labute approximate surface area is 130 Å². The molecule has 2 aromatic rings. The lowest BCUT2D eigenvalue weighted by molar-refractivity contribution is 0.603. The summed E-state index contributed by atoms with van der Waals surface area (Å²) in [6, 6.07) is 3.30. The highest BCUT2D eigenvalue weighted by Gasteiger charge is 2.19. The second-order valence-electron chi connectivity index (χ2n) is 4.16. The standard InChI is InChI=1S/C12H14BrN3O2S2/c1-8-5-12(19-11(8)7-14-2)20(17,18)16-10-3-4-15-6-9(10)13/h3-6,14H,7H2,1-2H3,(H,15,16). The molecule has 0 aromatic carbocycles. The number of hydrogen-bond acceptors (Lipinski definition) is 5. The van der Waals surface area contributed by atoms with Gasteiger partial charge in [-0.25, -0.2) is 8.42 Å².